The fourth-order valence-electron chi connectivity index (χ4n) is 2.49. The summed E-state index contributed by atoms with van der Waals surface area (Å²) in [6, 6.07) is 9.93. The van der Waals surface area contributed by atoms with Crippen LogP contribution in [0.15, 0.2) is 42.6 Å². The summed E-state index contributed by atoms with van der Waals surface area (Å²) in [5.41, 5.74) is 0.542. The summed E-state index contributed by atoms with van der Waals surface area (Å²) < 4.78 is 52.6. The third-order valence-corrected chi connectivity index (χ3v) is 3.75. The van der Waals surface area contributed by atoms with Crippen molar-refractivity contribution < 1.29 is 32.2 Å². The van der Waals surface area contributed by atoms with Crippen LogP contribution in [0.5, 0.6) is 17.4 Å². The molecule has 9 heteroatoms. The fourth-order valence-corrected chi connectivity index (χ4v) is 2.49. The second kappa shape index (κ2) is 7.73. The number of hydrogen-bond donors (Lipinski definition) is 1. The average molecular weight is 382 g/mol. The fraction of sp³-hybridized carbons (Fsp3) is 0.333. The highest BCUT2D eigenvalue weighted by Crippen LogP contribution is 2.33. The second-order valence-corrected chi connectivity index (χ2v) is 5.93. The van der Waals surface area contributed by atoms with Crippen molar-refractivity contribution in [2.24, 2.45) is 0 Å². The first kappa shape index (κ1) is 18.8. The van der Waals surface area contributed by atoms with Gasteiger partial charge >= 0.3 is 6.18 Å². The summed E-state index contributed by atoms with van der Waals surface area (Å²) in [6.07, 6.45) is -4.48. The van der Waals surface area contributed by atoms with E-state index >= 15 is 0 Å². The molecule has 2 heterocycles. The number of nitrogens with one attached hydrogen (secondary N) is 1. The maximum atomic E-state index is 12.4. The first-order valence-electron chi connectivity index (χ1n) is 8.16. The number of ether oxygens (including phenoxy) is 3. The predicted molar refractivity (Wildman–Crippen MR) is 88.6 cm³/mol. The molecule has 6 nitrogen and oxygen atoms in total. The lowest BCUT2D eigenvalue weighted by Gasteiger charge is -2.31. The van der Waals surface area contributed by atoms with Gasteiger partial charge in [0.25, 0.3) is 5.91 Å². The lowest BCUT2D eigenvalue weighted by Crippen LogP contribution is -2.48. The summed E-state index contributed by atoms with van der Waals surface area (Å²) >= 11 is 0. The Morgan fingerprint density at radius 3 is 2.63 bits per heavy atom. The van der Waals surface area contributed by atoms with Crippen LogP contribution in [0.4, 0.5) is 13.2 Å². The minimum absolute atomic E-state index is 0.0813. The van der Waals surface area contributed by atoms with E-state index in [-0.39, 0.29) is 12.4 Å². The molecule has 0 fully saturated rings. The molecule has 144 valence electrons. The minimum atomic E-state index is -4.45. The van der Waals surface area contributed by atoms with Gasteiger partial charge in [-0.05, 0) is 30.7 Å². The van der Waals surface area contributed by atoms with Crippen molar-refractivity contribution in [2.75, 3.05) is 6.61 Å². The lowest BCUT2D eigenvalue weighted by atomic mass is 10.1. The molecule has 2 atom stereocenters. The van der Waals surface area contributed by atoms with Crippen LogP contribution in [-0.4, -0.2) is 35.9 Å². The molecule has 0 aliphatic carbocycles. The van der Waals surface area contributed by atoms with Crippen LogP contribution in [0.1, 0.15) is 12.5 Å². The molecule has 27 heavy (non-hydrogen) atoms. The van der Waals surface area contributed by atoms with Crippen molar-refractivity contribution in [3.8, 4) is 17.4 Å². The second-order valence-electron chi connectivity index (χ2n) is 5.93. The minimum Gasteiger partial charge on any atom is -0.482 e. The van der Waals surface area contributed by atoms with Gasteiger partial charge in [0, 0.05) is 18.8 Å². The zero-order chi connectivity index (χ0) is 19.4. The Labute approximate surface area is 153 Å². The standard InChI is InChI=1S/C18H17F3N2O4/c1-11-16(27-14-5-3-2-4-13(14)26-11)17(24)23-9-12-6-7-22-15(8-12)25-10-18(19,20)21/h2-8,11,16H,9-10H2,1H3,(H,23,24). The number of carbonyl (C=O) groups is 1. The van der Waals surface area contributed by atoms with E-state index < -0.39 is 30.9 Å². The van der Waals surface area contributed by atoms with Gasteiger partial charge in [-0.15, -0.1) is 0 Å². The van der Waals surface area contributed by atoms with Gasteiger partial charge in [-0.3, -0.25) is 4.79 Å². The van der Waals surface area contributed by atoms with E-state index in [2.05, 4.69) is 15.0 Å². The third-order valence-electron chi connectivity index (χ3n) is 3.75. The number of hydrogen-bond acceptors (Lipinski definition) is 5. The number of benzene rings is 1. The van der Waals surface area contributed by atoms with Crippen LogP contribution in [0.3, 0.4) is 0 Å². The molecule has 3 rings (SSSR count). The molecular weight excluding hydrogens is 365 g/mol. The summed E-state index contributed by atoms with van der Waals surface area (Å²) in [5, 5.41) is 2.68. The highest BCUT2D eigenvalue weighted by atomic mass is 19.4. The van der Waals surface area contributed by atoms with Gasteiger partial charge in [0.15, 0.2) is 18.1 Å². The summed E-state index contributed by atoms with van der Waals surface area (Å²) in [5.74, 6) is 0.474. The van der Waals surface area contributed by atoms with Crippen LogP contribution in [0.2, 0.25) is 0 Å². The van der Waals surface area contributed by atoms with Gasteiger partial charge in [0.1, 0.15) is 6.10 Å². The number of nitrogens with zero attached hydrogens (tertiary/aromatic N) is 1. The van der Waals surface area contributed by atoms with Gasteiger partial charge in [-0.25, -0.2) is 4.98 Å². The van der Waals surface area contributed by atoms with Crippen molar-refractivity contribution in [3.63, 3.8) is 0 Å². The SMILES string of the molecule is CC1Oc2ccccc2OC1C(=O)NCc1ccnc(OCC(F)(F)F)c1. The number of fused-ring (bicyclic) bond motifs is 1. The van der Waals surface area contributed by atoms with E-state index in [0.29, 0.717) is 17.1 Å². The van der Waals surface area contributed by atoms with Crippen LogP contribution in [0.25, 0.3) is 0 Å². The molecular formula is C18H17F3N2O4. The smallest absolute Gasteiger partial charge is 0.422 e. The molecule has 0 saturated heterocycles. The van der Waals surface area contributed by atoms with Crippen molar-refractivity contribution in [3.05, 3.63) is 48.2 Å². The van der Waals surface area contributed by atoms with Crippen molar-refractivity contribution in [2.45, 2.75) is 31.9 Å². The number of halogens is 3. The number of aromatic nitrogens is 1. The Morgan fingerprint density at radius 1 is 1.22 bits per heavy atom. The zero-order valence-electron chi connectivity index (χ0n) is 14.3. The Kier molecular flexibility index (Phi) is 5.38. The van der Waals surface area contributed by atoms with Crippen LogP contribution >= 0.6 is 0 Å². The third kappa shape index (κ3) is 5.02. The molecule has 0 radical (unpaired) electrons. The topological polar surface area (TPSA) is 69.7 Å². The van der Waals surface area contributed by atoms with Crippen molar-refractivity contribution >= 4 is 5.91 Å². The number of pyridine rings is 1. The van der Waals surface area contributed by atoms with E-state index in [1.54, 1.807) is 37.3 Å². The number of carbonyl (C=O) groups excluding carboxylic acids is 1. The van der Waals surface area contributed by atoms with Crippen molar-refractivity contribution in [1.82, 2.24) is 10.3 Å². The Balaban J connectivity index is 1.58. The monoisotopic (exact) mass is 382 g/mol. The van der Waals surface area contributed by atoms with Crippen molar-refractivity contribution in [1.29, 1.82) is 0 Å². The van der Waals surface area contributed by atoms with Gasteiger partial charge < -0.3 is 19.5 Å². The summed E-state index contributed by atoms with van der Waals surface area (Å²) in [7, 11) is 0. The molecule has 1 aromatic heterocycles. The molecule has 1 N–H and O–H groups in total. The molecule has 2 unspecified atom stereocenters. The van der Waals surface area contributed by atoms with E-state index in [1.165, 1.54) is 12.3 Å². The maximum Gasteiger partial charge on any atom is 0.422 e. The molecule has 1 aromatic carbocycles. The normalized spacial score (nSPS) is 18.7. The highest BCUT2D eigenvalue weighted by molar-refractivity contribution is 5.82. The maximum absolute atomic E-state index is 12.4. The quantitative estimate of drug-likeness (QED) is 0.861. The number of alkyl halides is 3. The number of rotatable bonds is 5. The molecule has 1 aliphatic rings. The van der Waals surface area contributed by atoms with E-state index in [4.69, 9.17) is 9.47 Å². The lowest BCUT2D eigenvalue weighted by molar-refractivity contribution is -0.154. The van der Waals surface area contributed by atoms with Crippen LogP contribution in [0, 0.1) is 0 Å². The van der Waals surface area contributed by atoms with Gasteiger partial charge in [0.2, 0.25) is 12.0 Å². The predicted octanol–water partition coefficient (Wildman–Crippen LogP) is 2.87. The molecule has 0 bridgehead atoms. The Morgan fingerprint density at radius 2 is 1.93 bits per heavy atom. The first-order valence-corrected chi connectivity index (χ1v) is 8.16. The summed E-state index contributed by atoms with van der Waals surface area (Å²) in [4.78, 5) is 16.1. The number of para-hydroxylation sites is 2. The van der Waals surface area contributed by atoms with E-state index in [9.17, 15) is 18.0 Å². The van der Waals surface area contributed by atoms with Crippen LogP contribution < -0.4 is 19.5 Å². The molecule has 2 aromatic rings. The Bertz CT molecular complexity index is 813. The molecule has 0 spiro atoms. The zero-order valence-corrected chi connectivity index (χ0v) is 14.3. The highest BCUT2D eigenvalue weighted by Gasteiger charge is 2.34. The molecule has 1 aliphatic heterocycles. The molecule has 1 amide bonds. The van der Waals surface area contributed by atoms with E-state index in [1.807, 2.05) is 0 Å². The number of amides is 1. The first-order chi connectivity index (χ1) is 12.8. The van der Waals surface area contributed by atoms with Crippen LogP contribution in [-0.2, 0) is 11.3 Å². The van der Waals surface area contributed by atoms with Gasteiger partial charge in [0.05, 0.1) is 0 Å². The Hall–Kier alpha value is -2.97. The largest absolute Gasteiger partial charge is 0.482 e. The van der Waals surface area contributed by atoms with E-state index in [0.717, 1.165) is 0 Å². The summed E-state index contributed by atoms with van der Waals surface area (Å²) in [6.45, 7) is 0.369. The average Bonchev–Trinajstić information content (AvgIpc) is 2.63. The van der Waals surface area contributed by atoms with Gasteiger partial charge in [-0.2, -0.15) is 13.2 Å². The molecule has 0 saturated carbocycles. The van der Waals surface area contributed by atoms with Gasteiger partial charge in [-0.1, -0.05) is 12.1 Å².